The molecular weight excluding hydrogens is 484 g/mol. The van der Waals surface area contributed by atoms with Gasteiger partial charge in [0.1, 0.15) is 11.5 Å². The molecule has 0 unspecified atom stereocenters. The van der Waals surface area contributed by atoms with Crippen LogP contribution in [0.3, 0.4) is 0 Å². The van der Waals surface area contributed by atoms with Crippen LogP contribution in [0.15, 0.2) is 73.0 Å². The Balaban J connectivity index is 0.00000289. The molecule has 4 heterocycles. The first kappa shape index (κ1) is 24.5. The van der Waals surface area contributed by atoms with Crippen molar-refractivity contribution in [1.29, 1.82) is 0 Å². The minimum Gasteiger partial charge on any atom is -0.403 e. The highest BCUT2D eigenvalue weighted by Crippen LogP contribution is 2.39. The summed E-state index contributed by atoms with van der Waals surface area (Å²) in [7, 11) is 0. The Bertz CT molecular complexity index is 1440. The Hall–Kier alpha value is -3.63. The first-order chi connectivity index (χ1) is 16.5. The Labute approximate surface area is 214 Å². The summed E-state index contributed by atoms with van der Waals surface area (Å²) in [6, 6.07) is 7.71. The molecular formula is C24H27ClN8OS. The molecule has 5 rings (SSSR count). The van der Waals surface area contributed by atoms with E-state index in [1.165, 1.54) is 24.6 Å². The van der Waals surface area contributed by atoms with Crippen LogP contribution >= 0.6 is 25.1 Å². The van der Waals surface area contributed by atoms with E-state index in [2.05, 4.69) is 32.9 Å². The van der Waals surface area contributed by atoms with Gasteiger partial charge in [0.05, 0.1) is 41.9 Å². The maximum Gasteiger partial charge on any atom is 0.231 e. The molecule has 1 amide bonds. The molecule has 1 aliphatic rings. The van der Waals surface area contributed by atoms with E-state index in [-0.39, 0.29) is 31.6 Å². The number of nitrogens with zero attached hydrogens (tertiary/aromatic N) is 4. The lowest BCUT2D eigenvalue weighted by molar-refractivity contribution is -0.119. The predicted molar refractivity (Wildman–Crippen MR) is 141 cm³/mol. The molecule has 1 aliphatic carbocycles. The lowest BCUT2D eigenvalue weighted by atomic mass is 10.2. The monoisotopic (exact) mass is 510 g/mol. The number of pyridine rings is 2. The van der Waals surface area contributed by atoms with Crippen molar-refractivity contribution in [3.05, 3.63) is 95.0 Å². The second kappa shape index (κ2) is 10.3. The minimum absolute atomic E-state index is 0. The van der Waals surface area contributed by atoms with Gasteiger partial charge in [0.2, 0.25) is 5.91 Å². The zero-order chi connectivity index (χ0) is 23.7. The summed E-state index contributed by atoms with van der Waals surface area (Å²) in [5.41, 5.74) is 16.8. The van der Waals surface area contributed by atoms with Crippen LogP contribution in [0.1, 0.15) is 35.7 Å². The summed E-state index contributed by atoms with van der Waals surface area (Å²) in [6.45, 7) is 0.461. The van der Waals surface area contributed by atoms with Gasteiger partial charge in [-0.1, -0.05) is 17.7 Å². The van der Waals surface area contributed by atoms with Crippen molar-refractivity contribution in [2.24, 2.45) is 11.5 Å². The number of rotatable bonds is 8. The number of carbonyl (C=O) groups is 1. The third kappa shape index (κ3) is 5.72. The van der Waals surface area contributed by atoms with E-state index >= 15 is 0 Å². The van der Waals surface area contributed by atoms with Crippen molar-refractivity contribution >= 4 is 42.2 Å². The van der Waals surface area contributed by atoms with Crippen LogP contribution in [0.5, 0.6) is 0 Å². The van der Waals surface area contributed by atoms with Gasteiger partial charge in [-0.05, 0) is 42.5 Å². The van der Waals surface area contributed by atoms with Crippen LogP contribution in [-0.2, 0) is 17.8 Å². The number of nitrogens with two attached hydrogens (primary N) is 2. The molecule has 0 saturated heterocycles. The first-order valence-corrected chi connectivity index (χ1v) is 11.4. The van der Waals surface area contributed by atoms with E-state index in [1.54, 1.807) is 35.1 Å². The Kier molecular flexibility index (Phi) is 7.23. The zero-order valence-corrected chi connectivity index (χ0v) is 20.7. The molecule has 4 aromatic rings. The molecule has 0 aromatic carbocycles. The van der Waals surface area contributed by atoms with Gasteiger partial charge < -0.3 is 30.9 Å². The van der Waals surface area contributed by atoms with Crippen LogP contribution in [-0.4, -0.2) is 24.7 Å². The maximum absolute atomic E-state index is 12.5. The van der Waals surface area contributed by atoms with E-state index in [0.29, 0.717) is 28.9 Å². The highest BCUT2D eigenvalue weighted by Gasteiger charge is 2.23. The van der Waals surface area contributed by atoms with Gasteiger partial charge in [0.25, 0.3) is 0 Å². The number of hydrogen-bond acceptors (Lipinski definition) is 6. The van der Waals surface area contributed by atoms with Gasteiger partial charge in [-0.3, -0.25) is 4.79 Å². The van der Waals surface area contributed by atoms with Crippen molar-refractivity contribution in [3.8, 4) is 0 Å². The molecule has 11 heteroatoms. The molecule has 9 nitrogen and oxygen atoms in total. The van der Waals surface area contributed by atoms with Gasteiger partial charge in [-0.25, -0.2) is 9.97 Å². The molecule has 35 heavy (non-hydrogen) atoms. The molecule has 182 valence electrons. The summed E-state index contributed by atoms with van der Waals surface area (Å²) < 4.78 is 3.85. The van der Waals surface area contributed by atoms with Crippen LogP contribution < -0.4 is 22.1 Å². The van der Waals surface area contributed by atoms with Crippen molar-refractivity contribution in [1.82, 2.24) is 29.4 Å². The molecule has 0 aliphatic heterocycles. The van der Waals surface area contributed by atoms with Crippen molar-refractivity contribution < 1.29 is 4.79 Å². The van der Waals surface area contributed by atoms with Crippen molar-refractivity contribution in [2.75, 3.05) is 0 Å². The molecule has 4 aromatic heterocycles. The van der Waals surface area contributed by atoms with Crippen LogP contribution in [0, 0.1) is 0 Å². The number of hydrogen-bond donors (Lipinski definition) is 4. The molecule has 0 radical (unpaired) electrons. The van der Waals surface area contributed by atoms with E-state index in [1.807, 2.05) is 16.7 Å². The fraction of sp³-hybridized carbons (Fsp3) is 0.208. The third-order valence-electron chi connectivity index (χ3n) is 5.73. The number of carbonyl (C=O) groups excluding carboxylic acids is 1. The minimum atomic E-state index is -0.294. The van der Waals surface area contributed by atoms with E-state index < -0.39 is 0 Å². The molecule has 6 N–H and O–H groups in total. The standard InChI is InChI=1S/C24H25ClN8O.H2S/c25-17-5-6-32-14-29-20(21(32)7-17)9-24(34)31-22(27)8-18(10-26)28-11-19-13-33-12-16(15-1-2-15)3-4-23(33)30-19;/h3-8,10,12-15,28H,1-2,9,11,26-27H2,(H,31,34);1H2/b18-10+,22-8+;. The molecule has 0 spiro atoms. The van der Waals surface area contributed by atoms with E-state index in [0.717, 1.165) is 16.9 Å². The summed E-state index contributed by atoms with van der Waals surface area (Å²) in [5.74, 6) is 0.561. The largest absolute Gasteiger partial charge is 0.403 e. The number of allylic oxidation sites excluding steroid dienone is 1. The van der Waals surface area contributed by atoms with Crippen LogP contribution in [0.25, 0.3) is 11.2 Å². The number of aromatic nitrogens is 4. The fourth-order valence-corrected chi connectivity index (χ4v) is 4.03. The van der Waals surface area contributed by atoms with E-state index in [9.17, 15) is 4.79 Å². The molecule has 0 atom stereocenters. The number of fused-ring (bicyclic) bond motifs is 2. The fourth-order valence-electron chi connectivity index (χ4n) is 3.87. The molecule has 1 saturated carbocycles. The smallest absolute Gasteiger partial charge is 0.231 e. The van der Waals surface area contributed by atoms with Crippen LogP contribution in [0.4, 0.5) is 0 Å². The number of amides is 1. The Morgan fingerprint density at radius 3 is 2.83 bits per heavy atom. The average molecular weight is 511 g/mol. The van der Waals surface area contributed by atoms with Crippen molar-refractivity contribution in [3.63, 3.8) is 0 Å². The normalized spacial score (nSPS) is 14.2. The first-order valence-electron chi connectivity index (χ1n) is 11.0. The predicted octanol–water partition coefficient (Wildman–Crippen LogP) is 2.67. The Morgan fingerprint density at radius 2 is 2.06 bits per heavy atom. The lowest BCUT2D eigenvalue weighted by Crippen LogP contribution is -2.29. The number of nitrogens with one attached hydrogen (secondary N) is 2. The second-order valence-corrected chi connectivity index (χ2v) is 8.80. The third-order valence-corrected chi connectivity index (χ3v) is 5.96. The summed E-state index contributed by atoms with van der Waals surface area (Å²) in [6.07, 6.45) is 13.1. The molecule has 1 fully saturated rings. The van der Waals surface area contributed by atoms with Gasteiger partial charge >= 0.3 is 0 Å². The maximum atomic E-state index is 12.5. The number of imidazole rings is 2. The van der Waals surface area contributed by atoms with E-state index in [4.69, 9.17) is 23.1 Å². The quantitative estimate of drug-likeness (QED) is 0.270. The molecule has 0 bridgehead atoms. The zero-order valence-electron chi connectivity index (χ0n) is 18.9. The highest BCUT2D eigenvalue weighted by molar-refractivity contribution is 7.59. The topological polar surface area (TPSA) is 128 Å². The van der Waals surface area contributed by atoms with Gasteiger partial charge in [0, 0.05) is 35.9 Å². The Morgan fingerprint density at radius 1 is 1.23 bits per heavy atom. The lowest BCUT2D eigenvalue weighted by Gasteiger charge is -2.08. The van der Waals surface area contributed by atoms with Gasteiger partial charge in [-0.2, -0.15) is 13.5 Å². The van der Waals surface area contributed by atoms with Crippen LogP contribution in [0.2, 0.25) is 5.02 Å². The average Bonchev–Trinajstić information content (AvgIpc) is 3.48. The highest BCUT2D eigenvalue weighted by atomic mass is 35.5. The van der Waals surface area contributed by atoms with Gasteiger partial charge in [0.15, 0.2) is 0 Å². The summed E-state index contributed by atoms with van der Waals surface area (Å²) >= 11 is 6.06. The summed E-state index contributed by atoms with van der Waals surface area (Å²) in [5, 5.41) is 6.44. The second-order valence-electron chi connectivity index (χ2n) is 8.36. The SMILES string of the molecule is N/C=C(\C=C(/N)NC(=O)Cc1ncn2ccc(Cl)cc12)NCc1cn2cc(C3CC3)ccc2n1.S. The van der Waals surface area contributed by atoms with Gasteiger partial charge in [-0.15, -0.1) is 0 Å². The number of halogens is 1. The van der Waals surface area contributed by atoms with Crippen molar-refractivity contribution in [2.45, 2.75) is 31.7 Å². The summed E-state index contributed by atoms with van der Waals surface area (Å²) in [4.78, 5) is 21.4.